The maximum atomic E-state index is 12.2. The summed E-state index contributed by atoms with van der Waals surface area (Å²) in [6, 6.07) is 1.92. The summed E-state index contributed by atoms with van der Waals surface area (Å²) in [7, 11) is 0. The van der Waals surface area contributed by atoms with Crippen molar-refractivity contribution in [3.8, 4) is 0 Å². The molecule has 1 aliphatic rings. The lowest BCUT2D eigenvalue weighted by atomic mass is 9.78. The van der Waals surface area contributed by atoms with Gasteiger partial charge >= 0.3 is 0 Å². The van der Waals surface area contributed by atoms with Gasteiger partial charge in [-0.1, -0.05) is 6.92 Å². The Morgan fingerprint density at radius 1 is 1.61 bits per heavy atom. The van der Waals surface area contributed by atoms with Crippen molar-refractivity contribution in [2.75, 3.05) is 5.88 Å². The van der Waals surface area contributed by atoms with E-state index < -0.39 is 0 Å². The molecule has 0 unspecified atom stereocenters. The number of amides is 1. The smallest absolute Gasteiger partial charge is 0.252 e. The molecule has 18 heavy (non-hydrogen) atoms. The molecule has 2 rings (SSSR count). The van der Waals surface area contributed by atoms with Crippen molar-refractivity contribution < 1.29 is 4.79 Å². The topological polar surface area (TPSA) is 29.1 Å². The van der Waals surface area contributed by atoms with Gasteiger partial charge in [-0.2, -0.15) is 0 Å². The first-order chi connectivity index (χ1) is 8.54. The van der Waals surface area contributed by atoms with Crippen molar-refractivity contribution in [2.45, 2.75) is 38.1 Å². The lowest BCUT2D eigenvalue weighted by Crippen LogP contribution is -2.52. The van der Waals surface area contributed by atoms with E-state index in [-0.39, 0.29) is 11.4 Å². The van der Waals surface area contributed by atoms with E-state index >= 15 is 0 Å². The zero-order valence-electron chi connectivity index (χ0n) is 10.3. The van der Waals surface area contributed by atoms with Crippen LogP contribution in [-0.4, -0.2) is 17.3 Å². The Kier molecular flexibility index (Phi) is 4.94. The second-order valence-corrected chi connectivity index (χ2v) is 8.26. The molecule has 0 spiro atoms. The van der Waals surface area contributed by atoms with E-state index in [9.17, 15) is 4.79 Å². The fraction of sp³-hybridized carbons (Fsp3) is 0.615. The highest BCUT2D eigenvalue weighted by molar-refractivity contribution is 14.1. The van der Waals surface area contributed by atoms with Crippen LogP contribution in [0.4, 0.5) is 0 Å². The lowest BCUT2D eigenvalue weighted by molar-refractivity contribution is 0.0873. The van der Waals surface area contributed by atoms with Gasteiger partial charge in [0.15, 0.2) is 0 Å². The Balaban J connectivity index is 2.04. The van der Waals surface area contributed by atoms with Crippen molar-refractivity contribution in [3.63, 3.8) is 0 Å². The Morgan fingerprint density at radius 2 is 2.28 bits per heavy atom. The zero-order chi connectivity index (χ0) is 13.2. The molecule has 1 amide bonds. The predicted octanol–water partition coefficient (Wildman–Crippen LogP) is 4.27. The van der Waals surface area contributed by atoms with Gasteiger partial charge < -0.3 is 5.32 Å². The standard InChI is InChI=1S/C13H17ClINOS/c1-9-2-4-13(8-14,5-3-9)16-12(17)10-6-11(15)18-7-10/h6-7,9H,2-5,8H2,1H3,(H,16,17). The van der Waals surface area contributed by atoms with E-state index in [4.69, 9.17) is 11.6 Å². The van der Waals surface area contributed by atoms with Crippen LogP contribution < -0.4 is 5.32 Å². The largest absolute Gasteiger partial charge is 0.345 e. The minimum Gasteiger partial charge on any atom is -0.345 e. The molecule has 5 heteroatoms. The van der Waals surface area contributed by atoms with Crippen LogP contribution in [0, 0.1) is 8.80 Å². The molecule has 1 heterocycles. The molecule has 1 saturated carbocycles. The van der Waals surface area contributed by atoms with Crippen molar-refractivity contribution in [3.05, 3.63) is 19.9 Å². The summed E-state index contributed by atoms with van der Waals surface area (Å²) in [6.07, 6.45) is 4.28. The molecular weight excluding hydrogens is 381 g/mol. The van der Waals surface area contributed by atoms with Crippen LogP contribution in [0.3, 0.4) is 0 Å². The highest BCUT2D eigenvalue weighted by atomic mass is 127. The number of halogens is 2. The summed E-state index contributed by atoms with van der Waals surface area (Å²) in [5.41, 5.74) is 0.561. The van der Waals surface area contributed by atoms with E-state index in [1.165, 1.54) is 0 Å². The van der Waals surface area contributed by atoms with Crippen LogP contribution in [0.2, 0.25) is 0 Å². The second kappa shape index (κ2) is 6.09. The molecule has 2 nitrogen and oxygen atoms in total. The molecule has 1 N–H and O–H groups in total. The quantitative estimate of drug-likeness (QED) is 0.599. The molecule has 100 valence electrons. The molecule has 0 aromatic carbocycles. The third kappa shape index (κ3) is 3.39. The molecule has 1 fully saturated rings. The first kappa shape index (κ1) is 14.6. The van der Waals surface area contributed by atoms with Gasteiger partial charge in [0.1, 0.15) is 0 Å². The third-order valence-electron chi connectivity index (χ3n) is 3.70. The summed E-state index contributed by atoms with van der Waals surface area (Å²) < 4.78 is 1.13. The zero-order valence-corrected chi connectivity index (χ0v) is 14.1. The molecule has 0 aliphatic heterocycles. The van der Waals surface area contributed by atoms with Crippen LogP contribution in [0.1, 0.15) is 43.0 Å². The number of carbonyl (C=O) groups is 1. The number of carbonyl (C=O) groups excluding carboxylic acids is 1. The first-order valence-corrected chi connectivity index (χ1v) is 8.66. The van der Waals surface area contributed by atoms with Gasteiger partial charge in [0.25, 0.3) is 5.91 Å². The van der Waals surface area contributed by atoms with E-state index in [0.717, 1.165) is 40.0 Å². The number of hydrogen-bond acceptors (Lipinski definition) is 2. The fourth-order valence-electron chi connectivity index (χ4n) is 2.35. The van der Waals surface area contributed by atoms with Gasteiger partial charge in [0.05, 0.1) is 14.0 Å². The Morgan fingerprint density at radius 3 is 2.78 bits per heavy atom. The highest BCUT2D eigenvalue weighted by Gasteiger charge is 2.35. The van der Waals surface area contributed by atoms with E-state index in [0.29, 0.717) is 5.88 Å². The Hall–Kier alpha value is 0.190. The van der Waals surface area contributed by atoms with Gasteiger partial charge in [-0.3, -0.25) is 4.79 Å². The SMILES string of the molecule is CC1CCC(CCl)(NC(=O)c2csc(I)c2)CC1. The predicted molar refractivity (Wildman–Crippen MR) is 85.6 cm³/mol. The molecule has 1 aromatic heterocycles. The van der Waals surface area contributed by atoms with Crippen molar-refractivity contribution >= 4 is 51.4 Å². The molecular formula is C13H17ClINOS. The number of hydrogen-bond donors (Lipinski definition) is 1. The number of nitrogens with one attached hydrogen (secondary N) is 1. The van der Waals surface area contributed by atoms with Crippen LogP contribution in [0.15, 0.2) is 11.4 Å². The maximum Gasteiger partial charge on any atom is 0.252 e. The van der Waals surface area contributed by atoms with Crippen molar-refractivity contribution in [2.24, 2.45) is 5.92 Å². The Labute approximate surface area is 131 Å². The van der Waals surface area contributed by atoms with E-state index in [1.807, 2.05) is 11.4 Å². The summed E-state index contributed by atoms with van der Waals surface area (Å²) >= 11 is 9.94. The van der Waals surface area contributed by atoms with Crippen LogP contribution in [0.5, 0.6) is 0 Å². The van der Waals surface area contributed by atoms with Crippen molar-refractivity contribution in [1.29, 1.82) is 0 Å². The maximum absolute atomic E-state index is 12.2. The highest BCUT2D eigenvalue weighted by Crippen LogP contribution is 2.33. The number of rotatable bonds is 3. The lowest BCUT2D eigenvalue weighted by Gasteiger charge is -2.38. The minimum atomic E-state index is -0.196. The fourth-order valence-corrected chi connectivity index (χ4v) is 4.01. The monoisotopic (exact) mass is 397 g/mol. The van der Waals surface area contributed by atoms with Gasteiger partial charge in [-0.05, 0) is 60.3 Å². The molecule has 0 saturated heterocycles. The van der Waals surface area contributed by atoms with Gasteiger partial charge in [0.2, 0.25) is 0 Å². The molecule has 1 aliphatic carbocycles. The van der Waals surface area contributed by atoms with Crippen LogP contribution in [0.25, 0.3) is 0 Å². The summed E-state index contributed by atoms with van der Waals surface area (Å²) in [6.45, 7) is 2.27. The summed E-state index contributed by atoms with van der Waals surface area (Å²) in [5.74, 6) is 1.27. The normalized spacial score (nSPS) is 28.1. The summed E-state index contributed by atoms with van der Waals surface area (Å²) in [4.78, 5) is 12.2. The van der Waals surface area contributed by atoms with Crippen LogP contribution in [-0.2, 0) is 0 Å². The molecule has 0 atom stereocenters. The van der Waals surface area contributed by atoms with Gasteiger partial charge in [-0.15, -0.1) is 22.9 Å². The van der Waals surface area contributed by atoms with Crippen molar-refractivity contribution in [1.82, 2.24) is 5.32 Å². The third-order valence-corrected chi connectivity index (χ3v) is 6.00. The number of alkyl halides is 1. The second-order valence-electron chi connectivity index (χ2n) is 5.19. The Bertz CT molecular complexity index is 426. The molecule has 0 bridgehead atoms. The average Bonchev–Trinajstić information content (AvgIpc) is 2.79. The van der Waals surface area contributed by atoms with Gasteiger partial charge in [0, 0.05) is 11.3 Å². The van der Waals surface area contributed by atoms with E-state index in [1.54, 1.807) is 11.3 Å². The summed E-state index contributed by atoms with van der Waals surface area (Å²) in [5, 5.41) is 5.07. The number of thiophene rings is 1. The average molecular weight is 398 g/mol. The first-order valence-electron chi connectivity index (χ1n) is 6.17. The van der Waals surface area contributed by atoms with E-state index in [2.05, 4.69) is 34.8 Å². The van der Waals surface area contributed by atoms with Crippen LogP contribution >= 0.6 is 45.5 Å². The minimum absolute atomic E-state index is 0.0179. The molecule has 1 aromatic rings. The molecule has 0 radical (unpaired) electrons. The van der Waals surface area contributed by atoms with Gasteiger partial charge in [-0.25, -0.2) is 0 Å².